The summed E-state index contributed by atoms with van der Waals surface area (Å²) in [5, 5.41) is 57.6. The van der Waals surface area contributed by atoms with Crippen molar-refractivity contribution in [1.29, 1.82) is 10.5 Å². The molecular formula is C20H16N2O8S. The molecule has 0 saturated carbocycles. The van der Waals surface area contributed by atoms with Gasteiger partial charge in [0.2, 0.25) is 21.3 Å². The number of phenolic OH excluding ortho intramolecular Hbond substituents is 4. The predicted octanol–water partition coefficient (Wildman–Crippen LogP) is 2.37. The highest BCUT2D eigenvalue weighted by molar-refractivity contribution is 7.99. The molecule has 0 aliphatic heterocycles. The van der Waals surface area contributed by atoms with Crippen LogP contribution in [0, 0.1) is 22.7 Å². The molecule has 11 heteroatoms. The van der Waals surface area contributed by atoms with Crippen molar-refractivity contribution < 1.29 is 38.3 Å². The number of hydrogen-bond acceptors (Lipinski definition) is 10. The molecule has 0 heterocycles. The Morgan fingerprint density at radius 3 is 1.45 bits per heavy atom. The second-order valence-electron chi connectivity index (χ2n) is 5.93. The minimum absolute atomic E-state index is 0.00788. The zero-order valence-corrected chi connectivity index (χ0v) is 17.0. The molecule has 0 aromatic heterocycles. The first-order valence-corrected chi connectivity index (χ1v) is 9.76. The fraction of sp³-hybridized carbons (Fsp3) is 0.100. The Morgan fingerprint density at radius 1 is 0.806 bits per heavy atom. The van der Waals surface area contributed by atoms with E-state index in [2.05, 4.69) is 0 Å². The topological polar surface area (TPSA) is 181 Å². The zero-order valence-electron chi connectivity index (χ0n) is 16.2. The van der Waals surface area contributed by atoms with Gasteiger partial charge < -0.3 is 29.9 Å². The second kappa shape index (κ2) is 8.98. The van der Waals surface area contributed by atoms with Crippen molar-refractivity contribution in [2.45, 2.75) is 0 Å². The van der Waals surface area contributed by atoms with Gasteiger partial charge in [0.05, 0.1) is 14.2 Å². The van der Waals surface area contributed by atoms with Crippen LogP contribution in [-0.2, 0) is 9.84 Å². The number of benzene rings is 2. The van der Waals surface area contributed by atoms with Crippen LogP contribution in [0.5, 0.6) is 34.5 Å². The molecule has 0 spiro atoms. The molecule has 0 saturated heterocycles. The molecule has 0 aliphatic rings. The molecule has 2 rings (SSSR count). The van der Waals surface area contributed by atoms with Crippen molar-refractivity contribution in [1.82, 2.24) is 0 Å². The molecule has 0 atom stereocenters. The smallest absolute Gasteiger partial charge is 0.226 e. The van der Waals surface area contributed by atoms with Crippen LogP contribution in [0.15, 0.2) is 34.1 Å². The lowest BCUT2D eigenvalue weighted by atomic mass is 10.1. The third kappa shape index (κ3) is 4.63. The second-order valence-corrected chi connectivity index (χ2v) is 7.81. The van der Waals surface area contributed by atoms with Gasteiger partial charge >= 0.3 is 0 Å². The third-order valence-electron chi connectivity index (χ3n) is 3.99. The molecule has 0 amide bonds. The zero-order chi connectivity index (χ0) is 23.3. The predicted molar refractivity (Wildman–Crippen MR) is 109 cm³/mol. The van der Waals surface area contributed by atoms with E-state index in [1.807, 2.05) is 0 Å². The molecule has 4 N–H and O–H groups in total. The van der Waals surface area contributed by atoms with Crippen molar-refractivity contribution in [3.8, 4) is 46.6 Å². The van der Waals surface area contributed by atoms with Gasteiger partial charge in [-0.05, 0) is 47.5 Å². The van der Waals surface area contributed by atoms with Gasteiger partial charge in [0.1, 0.15) is 12.1 Å². The van der Waals surface area contributed by atoms with Crippen molar-refractivity contribution >= 4 is 22.0 Å². The minimum Gasteiger partial charge on any atom is -0.504 e. The molecule has 31 heavy (non-hydrogen) atoms. The molecular weight excluding hydrogens is 428 g/mol. The third-order valence-corrected chi connectivity index (χ3v) is 5.57. The molecule has 2 aromatic carbocycles. The summed E-state index contributed by atoms with van der Waals surface area (Å²) in [6.07, 6.45) is 1.77. The number of sulfone groups is 1. The monoisotopic (exact) mass is 444 g/mol. The highest BCUT2D eigenvalue weighted by Crippen LogP contribution is 2.38. The Bertz CT molecular complexity index is 1190. The molecule has 2 aromatic rings. The van der Waals surface area contributed by atoms with E-state index in [-0.39, 0.29) is 22.6 Å². The van der Waals surface area contributed by atoms with E-state index < -0.39 is 42.6 Å². The Kier molecular flexibility index (Phi) is 6.65. The molecule has 0 unspecified atom stereocenters. The summed E-state index contributed by atoms with van der Waals surface area (Å²) in [6.45, 7) is 0. The lowest BCUT2D eigenvalue weighted by Gasteiger charge is -2.08. The number of ether oxygens (including phenoxy) is 2. The van der Waals surface area contributed by atoms with E-state index in [1.54, 1.807) is 0 Å². The number of aromatic hydroxyl groups is 4. The molecule has 160 valence electrons. The minimum atomic E-state index is -4.61. The summed E-state index contributed by atoms with van der Waals surface area (Å²) in [4.78, 5) is -1.66. The Balaban J connectivity index is 2.62. The van der Waals surface area contributed by atoms with Gasteiger partial charge in [-0.2, -0.15) is 10.5 Å². The standard InChI is InChI=1S/C20H16N2O8S/c1-29-17-7-11(5-15(23)19(17)25)3-13(9-21)31(27,28)14(10-22)4-12-6-16(24)20(26)18(8-12)30-2/h3-8,23-26H,1-2H3/b13-3+,14-4+. The molecule has 0 fully saturated rings. The van der Waals surface area contributed by atoms with Crippen LogP contribution in [-0.4, -0.2) is 43.1 Å². The number of rotatable bonds is 6. The first-order valence-electron chi connectivity index (χ1n) is 8.27. The van der Waals surface area contributed by atoms with Gasteiger partial charge in [0, 0.05) is 0 Å². The van der Waals surface area contributed by atoms with E-state index in [0.29, 0.717) is 0 Å². The average Bonchev–Trinajstić information content (AvgIpc) is 2.74. The lowest BCUT2D eigenvalue weighted by Crippen LogP contribution is -2.05. The van der Waals surface area contributed by atoms with Crippen LogP contribution in [0.25, 0.3) is 12.2 Å². The summed E-state index contributed by atoms with van der Waals surface area (Å²) in [5.74, 6) is -2.68. The van der Waals surface area contributed by atoms with E-state index in [9.17, 15) is 39.4 Å². The van der Waals surface area contributed by atoms with Crippen molar-refractivity contribution in [3.63, 3.8) is 0 Å². The van der Waals surface area contributed by atoms with Crippen LogP contribution >= 0.6 is 0 Å². The SMILES string of the molecule is COc1cc(/C=C(\C#N)S(=O)(=O)/C(C#N)=C/c2cc(O)c(O)c(OC)c2)cc(O)c1O. The van der Waals surface area contributed by atoms with E-state index >= 15 is 0 Å². The number of nitriles is 2. The van der Waals surface area contributed by atoms with Gasteiger partial charge in [-0.25, -0.2) is 8.42 Å². The van der Waals surface area contributed by atoms with E-state index in [4.69, 9.17) is 9.47 Å². The molecule has 0 bridgehead atoms. The first kappa shape index (κ1) is 22.9. The number of nitrogens with zero attached hydrogens (tertiary/aromatic N) is 2. The molecule has 0 radical (unpaired) electrons. The first-order chi connectivity index (χ1) is 14.6. The lowest BCUT2D eigenvalue weighted by molar-refractivity contribution is 0.351. The van der Waals surface area contributed by atoms with Gasteiger partial charge in [0.15, 0.2) is 32.8 Å². The highest BCUT2D eigenvalue weighted by atomic mass is 32.2. The number of hydrogen-bond donors (Lipinski definition) is 4. The van der Waals surface area contributed by atoms with Gasteiger partial charge in [0.25, 0.3) is 0 Å². The fourth-order valence-corrected chi connectivity index (χ4v) is 3.53. The Hall–Kier alpha value is -4.35. The van der Waals surface area contributed by atoms with Gasteiger partial charge in [-0.3, -0.25) is 0 Å². The average molecular weight is 444 g/mol. The van der Waals surface area contributed by atoms with Crippen LogP contribution in [0.1, 0.15) is 11.1 Å². The Labute approximate surface area is 177 Å². The Morgan fingerprint density at radius 2 is 1.16 bits per heavy atom. The van der Waals surface area contributed by atoms with Crippen molar-refractivity contribution in [2.75, 3.05) is 14.2 Å². The maximum atomic E-state index is 12.8. The van der Waals surface area contributed by atoms with Crippen molar-refractivity contribution in [3.05, 3.63) is 45.2 Å². The van der Waals surface area contributed by atoms with Crippen LogP contribution in [0.2, 0.25) is 0 Å². The van der Waals surface area contributed by atoms with Gasteiger partial charge in [-0.15, -0.1) is 0 Å². The van der Waals surface area contributed by atoms with Crippen LogP contribution < -0.4 is 9.47 Å². The summed E-state index contributed by atoms with van der Waals surface area (Å²) in [6, 6.07) is 7.35. The summed E-state index contributed by atoms with van der Waals surface area (Å²) in [5.41, 5.74) is 0.0158. The maximum Gasteiger partial charge on any atom is 0.226 e. The number of methoxy groups -OCH3 is 2. The largest absolute Gasteiger partial charge is 0.504 e. The van der Waals surface area contributed by atoms with E-state index in [1.165, 1.54) is 38.5 Å². The van der Waals surface area contributed by atoms with Crippen LogP contribution in [0.3, 0.4) is 0 Å². The summed E-state index contributed by atoms with van der Waals surface area (Å²) >= 11 is 0. The number of phenols is 4. The number of allylic oxidation sites excluding steroid dienone is 2. The summed E-state index contributed by atoms with van der Waals surface area (Å²) in [7, 11) is -2.19. The fourth-order valence-electron chi connectivity index (χ4n) is 2.47. The normalized spacial score (nSPS) is 12.0. The maximum absolute atomic E-state index is 12.8. The van der Waals surface area contributed by atoms with Crippen molar-refractivity contribution in [2.24, 2.45) is 0 Å². The van der Waals surface area contributed by atoms with E-state index in [0.717, 1.165) is 24.3 Å². The summed E-state index contributed by atoms with van der Waals surface area (Å²) < 4.78 is 35.4. The highest BCUT2D eigenvalue weighted by Gasteiger charge is 2.25. The quantitative estimate of drug-likeness (QED) is 0.381. The van der Waals surface area contributed by atoms with Crippen LogP contribution in [0.4, 0.5) is 0 Å². The molecule has 10 nitrogen and oxygen atoms in total. The van der Waals surface area contributed by atoms with Gasteiger partial charge in [-0.1, -0.05) is 0 Å². The molecule has 0 aliphatic carbocycles.